The summed E-state index contributed by atoms with van der Waals surface area (Å²) >= 11 is 2.74. The zero-order chi connectivity index (χ0) is 72.4. The molecule has 0 radical (unpaired) electrons. The van der Waals surface area contributed by atoms with E-state index in [4.69, 9.17) is 68.9 Å². The Balaban J connectivity index is 0.000000165. The molecule has 27 nitrogen and oxygen atoms in total. The number of aliphatic hydroxyl groups excluding tert-OH is 2. The van der Waals surface area contributed by atoms with Crippen molar-refractivity contribution in [2.75, 3.05) is 117 Å². The highest BCUT2D eigenvalue weighted by atomic mass is 32.1. The third-order valence-corrected chi connectivity index (χ3v) is 19.1. The number of hydrogen-bond acceptors (Lipinski definition) is 27. The fourth-order valence-corrected chi connectivity index (χ4v) is 13.8. The van der Waals surface area contributed by atoms with Crippen LogP contribution in [0.25, 0.3) is 30.6 Å². The number of ketones is 1. The van der Waals surface area contributed by atoms with E-state index in [1.54, 1.807) is 41.6 Å². The Hall–Kier alpha value is -8.96. The van der Waals surface area contributed by atoms with E-state index in [0.717, 1.165) is 46.9 Å². The summed E-state index contributed by atoms with van der Waals surface area (Å²) in [6.07, 6.45) is -8.38. The third-order valence-electron chi connectivity index (χ3n) is 15.8. The lowest BCUT2D eigenvalue weighted by Gasteiger charge is -2.38. The molecule has 4 aliphatic heterocycles. The van der Waals surface area contributed by atoms with Crippen LogP contribution in [0.2, 0.25) is 0 Å². The van der Waals surface area contributed by atoms with Crippen molar-refractivity contribution < 1.29 is 92.6 Å². The number of nitrogen functional groups attached to an aromatic ring is 3. The molecule has 1 spiro atoms. The number of rotatable bonds is 18. The minimum Gasteiger partial charge on any atom is -0.483 e. The predicted octanol–water partition coefficient (Wildman–Crippen LogP) is 7.03. The lowest BCUT2D eigenvalue weighted by atomic mass is 10.0. The number of piperidine rings is 3. The molecule has 39 heteroatoms. The molecule has 0 bridgehead atoms. The third kappa shape index (κ3) is 19.3. The smallest absolute Gasteiger partial charge is 0.422 e. The average Bonchev–Trinajstić information content (AvgIpc) is 1.62. The number of pyridine rings is 5. The Morgan fingerprint density at radius 2 is 0.940 bits per heavy atom. The van der Waals surface area contributed by atoms with Gasteiger partial charge in [0.25, 0.3) is 17.7 Å². The Labute approximate surface area is 574 Å². The van der Waals surface area contributed by atoms with Crippen LogP contribution in [0.3, 0.4) is 0 Å². The van der Waals surface area contributed by atoms with Crippen molar-refractivity contribution in [3.8, 4) is 17.2 Å². The maximum atomic E-state index is 12.8. The molecule has 0 aliphatic carbocycles. The quantitative estimate of drug-likeness (QED) is 0.0385. The molecule has 2 atom stereocenters. The molecule has 0 saturated carbocycles. The molecular formula is C61H69F9N16O11S3. The summed E-state index contributed by atoms with van der Waals surface area (Å²) in [6, 6.07) is 15.0. The first-order valence-corrected chi connectivity index (χ1v) is 33.1. The summed E-state index contributed by atoms with van der Waals surface area (Å²) in [7, 11) is 0. The van der Waals surface area contributed by atoms with Gasteiger partial charge in [-0.2, -0.15) is 39.5 Å². The molecule has 0 aromatic carbocycles. The maximum Gasteiger partial charge on any atom is 0.422 e. The predicted molar refractivity (Wildman–Crippen MR) is 356 cm³/mol. The number of alkyl halides is 9. The first-order chi connectivity index (χ1) is 47.3. The molecule has 4 saturated heterocycles. The number of anilines is 6. The number of aliphatic hydroxyl groups is 2. The number of thiophene rings is 3. The van der Waals surface area contributed by atoms with Crippen LogP contribution in [0.1, 0.15) is 91.1 Å². The van der Waals surface area contributed by atoms with Crippen molar-refractivity contribution in [1.29, 1.82) is 0 Å². The van der Waals surface area contributed by atoms with Crippen molar-refractivity contribution in [3.05, 3.63) is 93.0 Å². The van der Waals surface area contributed by atoms with Crippen LogP contribution in [0, 0.1) is 0 Å². The minimum absolute atomic E-state index is 0.00957. The standard InChI is InChI=1S/C22H25F3N6O3S.C17H19F3N4O4S.C15H15F3N4O3S.C7H10N2O/c23-22(24,25)11-34-15-9-16(30-21-17(15)18(26)19(35-21)20(27)33)31-7-4-12(5-8-31)29-10-14(32)13-3-1-2-6-28-13;18-17(19,20)8-26-9-7-10(23-15-11(9)12(21)13(29-15)14(22)25)24-3-1-16(2-4-24)27-5-6-28-16;16-15(17,18)6-25-8-5-9(22-3-1-7(23)2-4-22)21-14-10(8)11(19)12(26-14)13(20)24;8-5-7(10)6-3-1-2-4-9-6/h1-3,6,9,12,14,29,32H,4-5,7-8,10-11,26H2,(H2,27,33);7H,1-6,8,21H2,(H2,22,25);5H,1-4,6,19H2,(H2,20,24);1-4,7,10H,5,8H2. The monoisotopic (exact) mass is 1470 g/mol. The number of fused-ring (bicyclic) bond motifs is 3. The van der Waals surface area contributed by atoms with Gasteiger partial charge >= 0.3 is 18.5 Å². The Bertz CT molecular complexity index is 4160. The van der Waals surface area contributed by atoms with E-state index in [0.29, 0.717) is 118 Å². The van der Waals surface area contributed by atoms with E-state index >= 15 is 0 Å². The second-order valence-electron chi connectivity index (χ2n) is 22.9. The highest BCUT2D eigenvalue weighted by Crippen LogP contribution is 2.45. The Morgan fingerprint density at radius 1 is 0.580 bits per heavy atom. The lowest BCUT2D eigenvalue weighted by Crippen LogP contribution is -2.45. The van der Waals surface area contributed by atoms with Crippen molar-refractivity contribution in [3.63, 3.8) is 0 Å². The van der Waals surface area contributed by atoms with Crippen molar-refractivity contribution in [1.82, 2.24) is 30.2 Å². The maximum absolute atomic E-state index is 12.8. The van der Waals surface area contributed by atoms with Crippen LogP contribution in [0.15, 0.2) is 67.0 Å². The van der Waals surface area contributed by atoms with Crippen LogP contribution >= 0.6 is 34.0 Å². The van der Waals surface area contributed by atoms with Crippen LogP contribution in [0.5, 0.6) is 17.2 Å². The molecule has 2 unspecified atom stereocenters. The normalized spacial score (nSPS) is 16.5. The first-order valence-electron chi connectivity index (χ1n) is 30.6. The fourth-order valence-electron chi connectivity index (χ4n) is 10.9. The first kappa shape index (κ1) is 75.2. The number of hydrogen-bond donors (Lipinski definition) is 10. The Kier molecular flexibility index (Phi) is 24.2. The van der Waals surface area contributed by atoms with Gasteiger partial charge in [-0.25, -0.2) is 15.0 Å². The Morgan fingerprint density at radius 3 is 1.28 bits per heavy atom. The fraction of sp³-hybridized carbons (Fsp3) is 0.426. The summed E-state index contributed by atoms with van der Waals surface area (Å²) in [5, 5.41) is 23.2. The second kappa shape index (κ2) is 32.1. The summed E-state index contributed by atoms with van der Waals surface area (Å²) in [6.45, 7) is 0.216. The van der Waals surface area contributed by atoms with Crippen molar-refractivity contribution in [2.45, 2.75) is 81.1 Å². The highest BCUT2D eigenvalue weighted by molar-refractivity contribution is 7.22. The van der Waals surface area contributed by atoms with Gasteiger partial charge in [-0.05, 0) is 37.1 Å². The summed E-state index contributed by atoms with van der Waals surface area (Å²) in [5.74, 6) is -1.91. The molecule has 540 valence electrons. The topological polar surface area (TPSA) is 423 Å². The number of carbonyl (C=O) groups is 4. The summed E-state index contributed by atoms with van der Waals surface area (Å²) in [4.78, 5) is 74.2. The number of primary amides is 3. The highest BCUT2D eigenvalue weighted by Gasteiger charge is 2.41. The van der Waals surface area contributed by atoms with Gasteiger partial charge in [0.15, 0.2) is 25.6 Å². The molecule has 12 rings (SSSR count). The molecule has 17 N–H and O–H groups in total. The average molecular weight is 1470 g/mol. The van der Waals surface area contributed by atoms with Gasteiger partial charge in [-0.15, -0.1) is 34.0 Å². The minimum atomic E-state index is -4.54. The number of Topliss-reactive ketones (excluding diaryl/α,β-unsaturated/α-hetero) is 1. The largest absolute Gasteiger partial charge is 0.483 e. The number of aromatic nitrogens is 5. The number of nitrogens with zero attached hydrogens (tertiary/aromatic N) is 8. The van der Waals surface area contributed by atoms with Crippen LogP contribution in [-0.2, 0) is 14.3 Å². The van der Waals surface area contributed by atoms with Gasteiger partial charge in [0.2, 0.25) is 0 Å². The SMILES string of the molecule is NC(=O)c1sc2nc(N3CCC(=O)CC3)cc(OCC(F)(F)F)c2c1N.NC(=O)c1sc2nc(N3CCC(NCC(O)c4ccccn4)CC3)cc(OCC(F)(F)F)c2c1N.NC(=O)c1sc2nc(N3CCC4(CC3)OCCO4)cc(OCC(F)(F)F)c2c1N.NCC(O)c1ccccn1. The van der Waals surface area contributed by atoms with E-state index in [-0.39, 0.29) is 93.1 Å². The van der Waals surface area contributed by atoms with Crippen molar-refractivity contribution >= 4 is 123 Å². The lowest BCUT2D eigenvalue weighted by molar-refractivity contribution is -0.169. The van der Waals surface area contributed by atoms with Crippen molar-refractivity contribution in [2.24, 2.45) is 22.9 Å². The van der Waals surface area contributed by atoms with Crippen LogP contribution < -0.4 is 74.4 Å². The number of ether oxygens (including phenoxy) is 5. The molecule has 4 aliphatic rings. The molecule has 8 aromatic heterocycles. The molecule has 4 fully saturated rings. The van der Waals surface area contributed by atoms with Gasteiger partial charge in [0, 0.05) is 115 Å². The van der Waals surface area contributed by atoms with E-state index < -0.39 is 74.1 Å². The summed E-state index contributed by atoms with van der Waals surface area (Å²) in [5.41, 5.74) is 40.1. The molecular weight excluding hydrogens is 1400 g/mol. The zero-order valence-electron chi connectivity index (χ0n) is 52.8. The summed E-state index contributed by atoms with van der Waals surface area (Å²) < 4.78 is 141. The number of amides is 3. The number of carbonyl (C=O) groups excluding carboxylic acids is 4. The zero-order valence-corrected chi connectivity index (χ0v) is 55.3. The molecule has 12 heterocycles. The van der Waals surface area contributed by atoms with Gasteiger partial charge in [-0.1, -0.05) is 12.1 Å². The molecule has 8 aromatic rings. The number of halogens is 9. The molecule has 100 heavy (non-hydrogen) atoms. The van der Waals surface area contributed by atoms with E-state index in [1.807, 2.05) is 21.9 Å². The van der Waals surface area contributed by atoms with E-state index in [9.17, 15) is 63.8 Å². The van der Waals surface area contributed by atoms with E-state index in [2.05, 4.69) is 30.2 Å². The second-order valence-corrected chi connectivity index (χ2v) is 25.9. The number of nitrogens with one attached hydrogen (secondary N) is 1. The van der Waals surface area contributed by atoms with Gasteiger partial charge in [0.1, 0.15) is 81.8 Å². The van der Waals surface area contributed by atoms with Gasteiger partial charge in [0.05, 0.1) is 57.8 Å². The van der Waals surface area contributed by atoms with E-state index in [1.165, 1.54) is 18.2 Å². The molecule has 3 amide bonds. The van der Waals surface area contributed by atoms with Gasteiger partial charge < -0.3 is 94.0 Å². The van der Waals surface area contributed by atoms with Crippen LogP contribution in [-0.4, -0.2) is 174 Å². The van der Waals surface area contributed by atoms with Crippen LogP contribution in [0.4, 0.5) is 74.0 Å². The number of nitrogens with two attached hydrogens (primary N) is 7. The van der Waals surface area contributed by atoms with Gasteiger partial charge in [-0.3, -0.25) is 29.1 Å².